The maximum atomic E-state index is 10.0. The number of para-hydroxylation sites is 1. The lowest BCUT2D eigenvalue weighted by atomic mass is 9.99. The fourth-order valence-electron chi connectivity index (χ4n) is 2.02. The van der Waals surface area contributed by atoms with Gasteiger partial charge in [-0.25, -0.2) is 0 Å². The summed E-state index contributed by atoms with van der Waals surface area (Å²) in [7, 11) is 0. The van der Waals surface area contributed by atoms with Gasteiger partial charge < -0.3 is 24.8 Å². The Morgan fingerprint density at radius 1 is 1.29 bits per heavy atom. The van der Waals surface area contributed by atoms with E-state index < -0.39 is 30.7 Å². The number of azide groups is 1. The van der Waals surface area contributed by atoms with Gasteiger partial charge in [0.25, 0.3) is 0 Å². The Bertz CT molecular complexity index is 537. The first-order chi connectivity index (χ1) is 10.1. The minimum absolute atomic E-state index is 0.0603. The van der Waals surface area contributed by atoms with Crippen LogP contribution < -0.4 is 4.74 Å². The Kier molecular flexibility index (Phi) is 5.24. The van der Waals surface area contributed by atoms with Crippen LogP contribution in [0.15, 0.2) is 29.4 Å². The smallest absolute Gasteiger partial charge is 0.184 e. The molecule has 21 heavy (non-hydrogen) atoms. The number of hydrogen-bond donors (Lipinski definition) is 3. The average molecular weight is 316 g/mol. The van der Waals surface area contributed by atoms with Crippen molar-refractivity contribution in [1.82, 2.24) is 0 Å². The first kappa shape index (κ1) is 15.8. The number of rotatable bonds is 4. The van der Waals surface area contributed by atoms with Crippen molar-refractivity contribution in [2.24, 2.45) is 5.11 Å². The van der Waals surface area contributed by atoms with Crippen molar-refractivity contribution in [3.63, 3.8) is 0 Å². The zero-order valence-corrected chi connectivity index (χ0v) is 11.5. The Hall–Kier alpha value is -1.54. The van der Waals surface area contributed by atoms with Crippen LogP contribution in [0.2, 0.25) is 0 Å². The molecule has 0 radical (unpaired) electrons. The van der Waals surface area contributed by atoms with Crippen molar-refractivity contribution < 1.29 is 24.8 Å². The van der Waals surface area contributed by atoms with Gasteiger partial charge in [0.2, 0.25) is 0 Å². The number of alkyl halides is 1. The third-order valence-corrected chi connectivity index (χ3v) is 3.40. The minimum Gasteiger partial charge on any atom is -0.484 e. The largest absolute Gasteiger partial charge is 0.484 e. The molecule has 0 amide bonds. The molecule has 0 bridgehead atoms. The van der Waals surface area contributed by atoms with Crippen LogP contribution in [0.25, 0.3) is 10.4 Å². The van der Waals surface area contributed by atoms with Crippen molar-refractivity contribution in [3.8, 4) is 5.75 Å². The first-order valence-corrected chi connectivity index (χ1v) is 6.68. The Balaban J connectivity index is 2.26. The van der Waals surface area contributed by atoms with E-state index in [9.17, 15) is 15.3 Å². The van der Waals surface area contributed by atoms with E-state index in [4.69, 9.17) is 26.6 Å². The average Bonchev–Trinajstić information content (AvgIpc) is 2.49. The highest BCUT2D eigenvalue weighted by atomic mass is 35.5. The fraction of sp³-hybridized carbons (Fsp3) is 0.500. The maximum absolute atomic E-state index is 10.0. The van der Waals surface area contributed by atoms with Crippen molar-refractivity contribution in [1.29, 1.82) is 0 Å². The molecule has 2 rings (SSSR count). The van der Waals surface area contributed by atoms with Gasteiger partial charge in [-0.05, 0) is 17.7 Å². The molecule has 1 heterocycles. The lowest BCUT2D eigenvalue weighted by molar-refractivity contribution is -0.272. The fourth-order valence-corrected chi connectivity index (χ4v) is 2.27. The third-order valence-electron chi connectivity index (χ3n) is 3.09. The molecule has 9 heteroatoms. The second-order valence-corrected chi connectivity index (χ2v) is 4.75. The molecule has 114 valence electrons. The van der Waals surface area contributed by atoms with Gasteiger partial charge in [0.05, 0.1) is 11.6 Å². The van der Waals surface area contributed by atoms with Crippen LogP contribution >= 0.6 is 11.6 Å². The Labute approximate surface area is 125 Å². The molecule has 0 aromatic heterocycles. The van der Waals surface area contributed by atoms with Crippen LogP contribution in [0.3, 0.4) is 0 Å². The molecular weight excluding hydrogens is 302 g/mol. The molecule has 1 aliphatic heterocycles. The number of aliphatic hydroxyl groups excluding tert-OH is 3. The molecule has 0 aliphatic carbocycles. The summed E-state index contributed by atoms with van der Waals surface area (Å²) in [6.07, 6.45) is -6.33. The maximum Gasteiger partial charge on any atom is 0.184 e. The van der Waals surface area contributed by atoms with Gasteiger partial charge in [-0.1, -0.05) is 17.2 Å². The third kappa shape index (κ3) is 3.38. The molecule has 1 aromatic carbocycles. The van der Waals surface area contributed by atoms with E-state index in [2.05, 4.69) is 10.0 Å². The summed E-state index contributed by atoms with van der Waals surface area (Å²) in [4.78, 5) is 2.68. The van der Waals surface area contributed by atoms with Gasteiger partial charge in [-0.15, -0.1) is 11.6 Å². The Morgan fingerprint density at radius 3 is 2.67 bits per heavy atom. The molecule has 1 saturated heterocycles. The van der Waals surface area contributed by atoms with Crippen LogP contribution in [0, 0.1) is 0 Å². The molecule has 5 atom stereocenters. The lowest BCUT2D eigenvalue weighted by Gasteiger charge is -2.40. The second kappa shape index (κ2) is 6.95. The second-order valence-electron chi connectivity index (χ2n) is 4.44. The summed E-state index contributed by atoms with van der Waals surface area (Å²) in [6.45, 7) is 0. The van der Waals surface area contributed by atoms with Gasteiger partial charge in [-0.3, -0.25) is 0 Å². The van der Waals surface area contributed by atoms with E-state index in [0.29, 0.717) is 0 Å². The summed E-state index contributed by atoms with van der Waals surface area (Å²) >= 11 is 5.73. The highest BCUT2D eigenvalue weighted by Gasteiger charge is 2.45. The van der Waals surface area contributed by atoms with Gasteiger partial charge >= 0.3 is 0 Å². The van der Waals surface area contributed by atoms with Crippen molar-refractivity contribution in [2.45, 2.75) is 30.7 Å². The van der Waals surface area contributed by atoms with Gasteiger partial charge in [0.1, 0.15) is 24.1 Å². The molecule has 3 N–H and O–H groups in total. The van der Waals surface area contributed by atoms with Crippen LogP contribution in [0.5, 0.6) is 5.75 Å². The van der Waals surface area contributed by atoms with E-state index >= 15 is 0 Å². The lowest BCUT2D eigenvalue weighted by Crippen LogP contribution is -2.60. The van der Waals surface area contributed by atoms with E-state index in [1.165, 1.54) is 6.07 Å². The molecule has 1 fully saturated rings. The van der Waals surface area contributed by atoms with E-state index in [1.807, 2.05) is 0 Å². The predicted molar refractivity (Wildman–Crippen MR) is 73.3 cm³/mol. The molecule has 0 saturated carbocycles. The number of ether oxygens (including phenoxy) is 2. The summed E-state index contributed by atoms with van der Waals surface area (Å²) < 4.78 is 10.7. The van der Waals surface area contributed by atoms with Crippen LogP contribution in [-0.4, -0.2) is 51.9 Å². The highest BCUT2D eigenvalue weighted by Crippen LogP contribution is 2.31. The molecule has 1 aliphatic rings. The number of hydrogen-bond acceptors (Lipinski definition) is 6. The monoisotopic (exact) mass is 315 g/mol. The summed E-state index contributed by atoms with van der Waals surface area (Å²) in [5, 5.41) is 32.6. The number of nitrogens with zero attached hydrogens (tertiary/aromatic N) is 3. The SMILES string of the molecule is [N-]=[N+]=Nc1ccccc1O[C@H]1[C@H](O)[C@@H](O)[C@H](O)O[C@@H]1CCl. The predicted octanol–water partition coefficient (Wildman–Crippen LogP) is 1.05. The van der Waals surface area contributed by atoms with Crippen LogP contribution in [0.4, 0.5) is 5.69 Å². The molecule has 1 aromatic rings. The highest BCUT2D eigenvalue weighted by molar-refractivity contribution is 6.18. The summed E-state index contributed by atoms with van der Waals surface area (Å²) in [5.41, 5.74) is 8.73. The van der Waals surface area contributed by atoms with Crippen molar-refractivity contribution in [3.05, 3.63) is 34.7 Å². The minimum atomic E-state index is -1.55. The van der Waals surface area contributed by atoms with Gasteiger partial charge in [-0.2, -0.15) is 0 Å². The van der Waals surface area contributed by atoms with Crippen molar-refractivity contribution in [2.75, 3.05) is 5.88 Å². The van der Waals surface area contributed by atoms with E-state index in [0.717, 1.165) is 0 Å². The molecular formula is C12H14ClN3O5. The zero-order chi connectivity index (χ0) is 15.4. The number of benzene rings is 1. The number of aliphatic hydroxyl groups is 3. The molecule has 0 unspecified atom stereocenters. The Morgan fingerprint density at radius 2 is 2.00 bits per heavy atom. The zero-order valence-electron chi connectivity index (χ0n) is 10.8. The number of halogens is 1. The van der Waals surface area contributed by atoms with Gasteiger partial charge in [0, 0.05) is 4.91 Å². The molecule has 8 nitrogen and oxygen atoms in total. The quantitative estimate of drug-likeness (QED) is 0.331. The molecule has 0 spiro atoms. The normalized spacial score (nSPS) is 32.3. The standard InChI is InChI=1S/C12H14ClN3O5/c13-5-8-11(9(17)10(18)12(19)21-8)20-7-4-2-1-3-6(7)15-16-14/h1-4,8-12,17-19H,5H2/t8-,9-,10-,11-,12-/m1/s1. The van der Waals surface area contributed by atoms with Gasteiger partial charge in [0.15, 0.2) is 12.4 Å². The first-order valence-electron chi connectivity index (χ1n) is 6.15. The van der Waals surface area contributed by atoms with E-state index in [1.54, 1.807) is 18.2 Å². The summed E-state index contributed by atoms with van der Waals surface area (Å²) in [5.74, 6) is 0.150. The summed E-state index contributed by atoms with van der Waals surface area (Å²) in [6, 6.07) is 6.39. The van der Waals surface area contributed by atoms with Crippen LogP contribution in [-0.2, 0) is 4.74 Å². The topological polar surface area (TPSA) is 128 Å². The van der Waals surface area contributed by atoms with Crippen LogP contribution in [0.1, 0.15) is 0 Å². The van der Waals surface area contributed by atoms with Crippen molar-refractivity contribution >= 4 is 17.3 Å². The van der Waals surface area contributed by atoms with E-state index in [-0.39, 0.29) is 17.3 Å².